The molecule has 5 heteroatoms. The van der Waals surface area contributed by atoms with Gasteiger partial charge in [-0.25, -0.2) is 0 Å². The van der Waals surface area contributed by atoms with Gasteiger partial charge in [-0.1, -0.05) is 20.8 Å². The van der Waals surface area contributed by atoms with Gasteiger partial charge < -0.3 is 9.47 Å². The highest BCUT2D eigenvalue weighted by atomic mass is 16.5. The van der Waals surface area contributed by atoms with Crippen LogP contribution >= 0.6 is 0 Å². The van der Waals surface area contributed by atoms with E-state index in [1.54, 1.807) is 0 Å². The van der Waals surface area contributed by atoms with Crippen molar-refractivity contribution in [1.29, 1.82) is 0 Å². The van der Waals surface area contributed by atoms with Gasteiger partial charge in [-0.05, 0) is 91.8 Å². The van der Waals surface area contributed by atoms with Crippen LogP contribution in [0.1, 0.15) is 91.9 Å². The van der Waals surface area contributed by atoms with Gasteiger partial charge in [-0.15, -0.1) is 0 Å². The minimum atomic E-state index is -0.203. The minimum Gasteiger partial charge on any atom is -0.469 e. The molecule has 0 aromatic rings. The van der Waals surface area contributed by atoms with Crippen molar-refractivity contribution in [3.05, 3.63) is 0 Å². The zero-order chi connectivity index (χ0) is 23.3. The molecule has 9 atom stereocenters. The summed E-state index contributed by atoms with van der Waals surface area (Å²) in [6, 6.07) is 0. The van der Waals surface area contributed by atoms with Crippen LogP contribution in [0.25, 0.3) is 0 Å². The Kier molecular flexibility index (Phi) is 6.50. The zero-order valence-electron chi connectivity index (χ0n) is 20.7. The molecule has 0 aliphatic heterocycles. The molecule has 0 amide bonds. The third-order valence-electron chi connectivity index (χ3n) is 10.5. The molecule has 0 aromatic heterocycles. The van der Waals surface area contributed by atoms with Crippen molar-refractivity contribution in [1.82, 2.24) is 0 Å². The molecular formula is C27H42O5. The number of rotatable bonds is 5. The number of ketones is 1. The van der Waals surface area contributed by atoms with Gasteiger partial charge in [0.05, 0.1) is 7.11 Å². The van der Waals surface area contributed by atoms with Gasteiger partial charge in [0.25, 0.3) is 0 Å². The van der Waals surface area contributed by atoms with Gasteiger partial charge >= 0.3 is 11.9 Å². The molecule has 4 fully saturated rings. The highest BCUT2D eigenvalue weighted by molar-refractivity contribution is 5.83. The molecule has 4 rings (SSSR count). The fourth-order valence-electron chi connectivity index (χ4n) is 8.86. The van der Waals surface area contributed by atoms with Crippen molar-refractivity contribution in [3.8, 4) is 0 Å². The molecule has 4 aliphatic carbocycles. The largest absolute Gasteiger partial charge is 0.469 e. The molecule has 0 bridgehead atoms. The SMILES string of the molecule is COC(=O)CC[C@@H](C)[C@H]1CC[C@H]2C3C(=O)CC4C[C@H](OC(C)=O)CCC4(C)[C@H]3CC[C@]12C. The quantitative estimate of drug-likeness (QED) is 0.533. The third-order valence-corrected chi connectivity index (χ3v) is 10.5. The molecule has 4 saturated carbocycles. The number of ether oxygens (including phenoxy) is 2. The maximum absolute atomic E-state index is 13.6. The Hall–Kier alpha value is -1.39. The fourth-order valence-corrected chi connectivity index (χ4v) is 8.86. The highest BCUT2D eigenvalue weighted by Gasteiger charge is 2.63. The van der Waals surface area contributed by atoms with Crippen molar-refractivity contribution in [3.63, 3.8) is 0 Å². The number of hydrogen-bond donors (Lipinski definition) is 0. The van der Waals surface area contributed by atoms with Crippen LogP contribution in [0.5, 0.6) is 0 Å². The molecule has 0 heterocycles. The van der Waals surface area contributed by atoms with E-state index in [2.05, 4.69) is 20.8 Å². The standard InChI is InChI=1S/C27H42O5/c1-16(6-9-24(30)31-5)20-7-8-21-25-22(11-13-27(20,21)4)26(3)12-10-19(32-17(2)28)14-18(26)15-23(25)29/h16,18-22,25H,6-15H2,1-5H3/t16-,18?,19-,20-,21+,22+,25?,26?,27-/m1/s1. The van der Waals surface area contributed by atoms with Crippen molar-refractivity contribution in [2.45, 2.75) is 98.0 Å². The number of Topliss-reactive ketones (excluding diaryl/α,β-unsaturated/α-hetero) is 1. The molecular weight excluding hydrogens is 404 g/mol. The third kappa shape index (κ3) is 3.92. The van der Waals surface area contributed by atoms with Crippen LogP contribution in [0.3, 0.4) is 0 Å². The van der Waals surface area contributed by atoms with Crippen LogP contribution in [0.2, 0.25) is 0 Å². The molecule has 0 radical (unpaired) electrons. The molecule has 4 aliphatic rings. The lowest BCUT2D eigenvalue weighted by molar-refractivity contribution is -0.168. The Morgan fingerprint density at radius 2 is 1.75 bits per heavy atom. The molecule has 32 heavy (non-hydrogen) atoms. The van der Waals surface area contributed by atoms with E-state index >= 15 is 0 Å². The number of esters is 2. The van der Waals surface area contributed by atoms with Crippen LogP contribution in [0, 0.1) is 46.3 Å². The molecule has 0 saturated heterocycles. The minimum absolute atomic E-state index is 0.0182. The molecule has 0 aromatic carbocycles. The lowest BCUT2D eigenvalue weighted by atomic mass is 9.44. The van der Waals surface area contributed by atoms with Crippen molar-refractivity contribution in [2.24, 2.45) is 46.3 Å². The normalized spacial score (nSPS) is 44.1. The number of methoxy groups -OCH3 is 1. The summed E-state index contributed by atoms with van der Waals surface area (Å²) in [4.78, 5) is 36.8. The van der Waals surface area contributed by atoms with E-state index < -0.39 is 0 Å². The van der Waals surface area contributed by atoms with Gasteiger partial charge in [0.15, 0.2) is 0 Å². The summed E-state index contributed by atoms with van der Waals surface area (Å²) in [6.45, 7) is 8.66. The van der Waals surface area contributed by atoms with Crippen LogP contribution in [-0.4, -0.2) is 30.9 Å². The fraction of sp³-hybridized carbons (Fsp3) is 0.889. The Balaban J connectivity index is 1.50. The summed E-state index contributed by atoms with van der Waals surface area (Å²) in [5.74, 6) is 2.68. The Bertz CT molecular complexity index is 761. The van der Waals surface area contributed by atoms with Crippen LogP contribution < -0.4 is 0 Å². The second-order valence-corrected chi connectivity index (χ2v) is 11.9. The second kappa shape index (κ2) is 8.76. The topological polar surface area (TPSA) is 69.7 Å². The molecule has 5 nitrogen and oxygen atoms in total. The highest BCUT2D eigenvalue weighted by Crippen LogP contribution is 2.67. The first-order valence-corrected chi connectivity index (χ1v) is 12.9. The van der Waals surface area contributed by atoms with Crippen molar-refractivity contribution >= 4 is 17.7 Å². The average Bonchev–Trinajstić information content (AvgIpc) is 3.09. The monoisotopic (exact) mass is 446 g/mol. The number of carbonyl (C=O) groups excluding carboxylic acids is 3. The predicted molar refractivity (Wildman–Crippen MR) is 122 cm³/mol. The van der Waals surface area contributed by atoms with Gasteiger partial charge in [0, 0.05) is 25.7 Å². The summed E-state index contributed by atoms with van der Waals surface area (Å²) in [5, 5.41) is 0. The summed E-state index contributed by atoms with van der Waals surface area (Å²) in [6.07, 6.45) is 9.49. The lowest BCUT2D eigenvalue weighted by Crippen LogP contribution is -2.57. The number of hydrogen-bond acceptors (Lipinski definition) is 5. The maximum Gasteiger partial charge on any atom is 0.305 e. The van der Waals surface area contributed by atoms with E-state index in [-0.39, 0.29) is 34.8 Å². The first-order chi connectivity index (χ1) is 15.1. The van der Waals surface area contributed by atoms with E-state index in [1.165, 1.54) is 26.9 Å². The first-order valence-electron chi connectivity index (χ1n) is 12.9. The van der Waals surface area contributed by atoms with E-state index in [0.717, 1.165) is 38.5 Å². The first kappa shape index (κ1) is 23.8. The van der Waals surface area contributed by atoms with E-state index in [1.807, 2.05) is 0 Å². The maximum atomic E-state index is 13.6. The van der Waals surface area contributed by atoms with Gasteiger partial charge in [-0.2, -0.15) is 0 Å². The zero-order valence-corrected chi connectivity index (χ0v) is 20.7. The van der Waals surface area contributed by atoms with Gasteiger partial charge in [0.1, 0.15) is 11.9 Å². The van der Waals surface area contributed by atoms with Crippen LogP contribution in [-0.2, 0) is 23.9 Å². The molecule has 0 N–H and O–H groups in total. The van der Waals surface area contributed by atoms with Gasteiger partial charge in [0.2, 0.25) is 0 Å². The van der Waals surface area contributed by atoms with E-state index in [0.29, 0.717) is 48.2 Å². The molecule has 180 valence electrons. The smallest absolute Gasteiger partial charge is 0.305 e. The predicted octanol–water partition coefficient (Wildman–Crippen LogP) is 5.35. The van der Waals surface area contributed by atoms with E-state index in [4.69, 9.17) is 9.47 Å². The Labute approximate surface area is 193 Å². The van der Waals surface area contributed by atoms with Crippen LogP contribution in [0.4, 0.5) is 0 Å². The Morgan fingerprint density at radius 1 is 1.06 bits per heavy atom. The van der Waals surface area contributed by atoms with E-state index in [9.17, 15) is 14.4 Å². The summed E-state index contributed by atoms with van der Waals surface area (Å²) in [7, 11) is 1.46. The summed E-state index contributed by atoms with van der Waals surface area (Å²) >= 11 is 0. The molecule has 3 unspecified atom stereocenters. The van der Waals surface area contributed by atoms with Crippen LogP contribution in [0.15, 0.2) is 0 Å². The van der Waals surface area contributed by atoms with Crippen molar-refractivity contribution < 1.29 is 23.9 Å². The number of carbonyl (C=O) groups is 3. The average molecular weight is 447 g/mol. The molecule has 0 spiro atoms. The van der Waals surface area contributed by atoms with Gasteiger partial charge in [-0.3, -0.25) is 14.4 Å². The summed E-state index contributed by atoms with van der Waals surface area (Å²) < 4.78 is 10.4. The number of fused-ring (bicyclic) bond motifs is 5. The second-order valence-electron chi connectivity index (χ2n) is 11.9. The van der Waals surface area contributed by atoms with Crippen molar-refractivity contribution in [2.75, 3.05) is 7.11 Å². The summed E-state index contributed by atoms with van der Waals surface area (Å²) in [5.41, 5.74) is 0.385. The lowest BCUT2D eigenvalue weighted by Gasteiger charge is -2.60. The Morgan fingerprint density at radius 3 is 2.44 bits per heavy atom.